The van der Waals surface area contributed by atoms with Gasteiger partial charge in [0.2, 0.25) is 0 Å². The maximum atomic E-state index is 11.7. The van der Waals surface area contributed by atoms with Crippen molar-refractivity contribution >= 4 is 16.3 Å². The van der Waals surface area contributed by atoms with Crippen molar-refractivity contribution in [2.75, 3.05) is 53.4 Å². The SMILES string of the molecule is COC(=O)NS(=O)(=O)N(C)CCN1CCNCC1. The topological polar surface area (TPSA) is 91.0 Å². The lowest BCUT2D eigenvalue weighted by molar-refractivity contribution is 0.176. The third-order valence-electron chi connectivity index (χ3n) is 2.75. The van der Waals surface area contributed by atoms with Crippen molar-refractivity contribution in [3.63, 3.8) is 0 Å². The summed E-state index contributed by atoms with van der Waals surface area (Å²) in [5.74, 6) is 0. The van der Waals surface area contributed by atoms with Gasteiger partial charge in [0, 0.05) is 46.3 Å². The summed E-state index contributed by atoms with van der Waals surface area (Å²) in [6.45, 7) is 4.59. The fourth-order valence-electron chi connectivity index (χ4n) is 1.56. The van der Waals surface area contributed by atoms with Crippen LogP contribution in [0.4, 0.5) is 4.79 Å². The number of carbonyl (C=O) groups excluding carboxylic acids is 1. The molecular weight excluding hydrogens is 260 g/mol. The van der Waals surface area contributed by atoms with E-state index in [1.165, 1.54) is 7.05 Å². The largest absolute Gasteiger partial charge is 0.452 e. The second-order valence-corrected chi connectivity index (χ2v) is 5.79. The summed E-state index contributed by atoms with van der Waals surface area (Å²) in [6.07, 6.45) is -0.982. The van der Waals surface area contributed by atoms with Crippen LogP contribution in [0.25, 0.3) is 0 Å². The maximum Gasteiger partial charge on any atom is 0.421 e. The first-order valence-corrected chi connectivity index (χ1v) is 7.15. The molecule has 0 aromatic carbocycles. The van der Waals surface area contributed by atoms with Gasteiger partial charge in [0.25, 0.3) is 0 Å². The zero-order valence-corrected chi connectivity index (χ0v) is 11.5. The van der Waals surface area contributed by atoms with Gasteiger partial charge in [-0.2, -0.15) is 12.7 Å². The van der Waals surface area contributed by atoms with Gasteiger partial charge < -0.3 is 10.1 Å². The molecule has 1 aliphatic rings. The van der Waals surface area contributed by atoms with E-state index < -0.39 is 16.3 Å². The minimum atomic E-state index is -3.81. The molecule has 0 atom stereocenters. The minimum Gasteiger partial charge on any atom is -0.452 e. The average molecular weight is 280 g/mol. The van der Waals surface area contributed by atoms with E-state index in [9.17, 15) is 13.2 Å². The molecular formula is C9H20N4O4S. The van der Waals surface area contributed by atoms with E-state index in [1.54, 1.807) is 4.72 Å². The quantitative estimate of drug-likeness (QED) is 0.632. The number of ether oxygens (including phenoxy) is 1. The van der Waals surface area contributed by atoms with Crippen LogP contribution < -0.4 is 10.0 Å². The zero-order chi connectivity index (χ0) is 13.6. The summed E-state index contributed by atoms with van der Waals surface area (Å²) in [7, 11) is -1.27. The Morgan fingerprint density at radius 3 is 2.61 bits per heavy atom. The predicted molar refractivity (Wildman–Crippen MR) is 66.4 cm³/mol. The lowest BCUT2D eigenvalue weighted by Crippen LogP contribution is -2.48. The number of nitrogens with zero attached hydrogens (tertiary/aromatic N) is 2. The number of methoxy groups -OCH3 is 1. The zero-order valence-electron chi connectivity index (χ0n) is 10.7. The number of rotatable bonds is 5. The first-order chi connectivity index (χ1) is 8.45. The lowest BCUT2D eigenvalue weighted by atomic mass is 10.3. The highest BCUT2D eigenvalue weighted by Crippen LogP contribution is 1.97. The summed E-state index contributed by atoms with van der Waals surface area (Å²) in [6, 6.07) is 0. The summed E-state index contributed by atoms with van der Waals surface area (Å²) in [5, 5.41) is 3.22. The number of piperazine rings is 1. The van der Waals surface area contributed by atoms with Crippen molar-refractivity contribution in [3.05, 3.63) is 0 Å². The molecule has 0 bridgehead atoms. The van der Waals surface area contributed by atoms with Crippen LogP contribution in [-0.4, -0.2) is 77.1 Å². The number of amides is 1. The van der Waals surface area contributed by atoms with Crippen molar-refractivity contribution in [1.29, 1.82) is 0 Å². The van der Waals surface area contributed by atoms with Crippen LogP contribution in [0.2, 0.25) is 0 Å². The molecule has 106 valence electrons. The van der Waals surface area contributed by atoms with Crippen LogP contribution in [0.1, 0.15) is 0 Å². The number of hydrogen-bond donors (Lipinski definition) is 2. The molecule has 0 radical (unpaired) electrons. The van der Waals surface area contributed by atoms with Gasteiger partial charge in [-0.3, -0.25) is 4.90 Å². The second-order valence-electron chi connectivity index (χ2n) is 4.01. The molecule has 1 fully saturated rings. The number of hydrogen-bond acceptors (Lipinski definition) is 6. The van der Waals surface area contributed by atoms with Crippen LogP contribution in [0.3, 0.4) is 0 Å². The fraction of sp³-hybridized carbons (Fsp3) is 0.889. The van der Waals surface area contributed by atoms with Gasteiger partial charge >= 0.3 is 16.3 Å². The Morgan fingerprint density at radius 2 is 2.06 bits per heavy atom. The van der Waals surface area contributed by atoms with Crippen molar-refractivity contribution in [3.8, 4) is 0 Å². The third-order valence-corrected chi connectivity index (χ3v) is 4.18. The molecule has 18 heavy (non-hydrogen) atoms. The van der Waals surface area contributed by atoms with Gasteiger partial charge in [0.05, 0.1) is 7.11 Å². The number of nitrogens with one attached hydrogen (secondary N) is 2. The molecule has 1 rings (SSSR count). The summed E-state index contributed by atoms with van der Waals surface area (Å²) < 4.78 is 30.5. The van der Waals surface area contributed by atoms with E-state index >= 15 is 0 Å². The summed E-state index contributed by atoms with van der Waals surface area (Å²) in [5.41, 5.74) is 0. The van der Waals surface area contributed by atoms with Crippen LogP contribution >= 0.6 is 0 Å². The molecule has 1 aliphatic heterocycles. The van der Waals surface area contributed by atoms with E-state index in [4.69, 9.17) is 0 Å². The fourth-order valence-corrected chi connectivity index (χ4v) is 2.33. The molecule has 0 aromatic heterocycles. The molecule has 0 unspecified atom stereocenters. The van der Waals surface area contributed by atoms with E-state index in [2.05, 4.69) is 15.0 Å². The first kappa shape index (κ1) is 15.2. The Kier molecular flexibility index (Phi) is 5.79. The van der Waals surface area contributed by atoms with Gasteiger partial charge in [0.1, 0.15) is 0 Å². The Bertz CT molecular complexity index is 367. The Hall–Kier alpha value is -0.900. The monoisotopic (exact) mass is 280 g/mol. The molecule has 1 heterocycles. The molecule has 8 nitrogen and oxygen atoms in total. The summed E-state index contributed by atoms with van der Waals surface area (Å²) >= 11 is 0. The van der Waals surface area contributed by atoms with Gasteiger partial charge in [-0.15, -0.1) is 0 Å². The Morgan fingerprint density at radius 1 is 1.44 bits per heavy atom. The van der Waals surface area contributed by atoms with Crippen LogP contribution in [0.15, 0.2) is 0 Å². The van der Waals surface area contributed by atoms with Crippen molar-refractivity contribution in [1.82, 2.24) is 19.2 Å². The van der Waals surface area contributed by atoms with Gasteiger partial charge in [-0.25, -0.2) is 9.52 Å². The highest BCUT2D eigenvalue weighted by atomic mass is 32.2. The minimum absolute atomic E-state index is 0.326. The van der Waals surface area contributed by atoms with Gasteiger partial charge in [-0.05, 0) is 0 Å². The van der Waals surface area contributed by atoms with E-state index in [0.29, 0.717) is 13.1 Å². The Labute approximate surface area is 107 Å². The predicted octanol–water partition coefficient (Wildman–Crippen LogP) is -1.58. The standard InChI is InChI=1S/C9H20N4O4S/c1-12(18(15,16)11-9(14)17-2)7-8-13-5-3-10-4-6-13/h10H,3-8H2,1-2H3,(H,11,14). The second kappa shape index (κ2) is 6.88. The number of likely N-dealkylation sites (N-methyl/N-ethyl adjacent to an activating group) is 1. The molecule has 1 amide bonds. The summed E-state index contributed by atoms with van der Waals surface area (Å²) in [4.78, 5) is 13.0. The molecule has 9 heteroatoms. The normalized spacial score (nSPS) is 17.7. The third kappa shape index (κ3) is 4.77. The van der Waals surface area contributed by atoms with Crippen LogP contribution in [0, 0.1) is 0 Å². The van der Waals surface area contributed by atoms with Gasteiger partial charge in [0.15, 0.2) is 0 Å². The first-order valence-electron chi connectivity index (χ1n) is 5.71. The lowest BCUT2D eigenvalue weighted by Gasteiger charge is -2.28. The average Bonchev–Trinajstić information content (AvgIpc) is 2.36. The van der Waals surface area contributed by atoms with E-state index in [-0.39, 0.29) is 0 Å². The van der Waals surface area contributed by atoms with Crippen LogP contribution in [-0.2, 0) is 14.9 Å². The number of carbonyl (C=O) groups is 1. The van der Waals surface area contributed by atoms with Crippen molar-refractivity contribution in [2.24, 2.45) is 0 Å². The van der Waals surface area contributed by atoms with E-state index in [0.717, 1.165) is 37.6 Å². The highest BCUT2D eigenvalue weighted by Gasteiger charge is 2.21. The van der Waals surface area contributed by atoms with Crippen molar-refractivity contribution in [2.45, 2.75) is 0 Å². The Balaban J connectivity index is 2.38. The molecule has 0 spiro atoms. The van der Waals surface area contributed by atoms with Crippen LogP contribution in [0.5, 0.6) is 0 Å². The molecule has 0 aliphatic carbocycles. The van der Waals surface area contributed by atoms with E-state index in [1.807, 2.05) is 0 Å². The highest BCUT2D eigenvalue weighted by molar-refractivity contribution is 7.87. The maximum absolute atomic E-state index is 11.7. The molecule has 1 saturated heterocycles. The molecule has 0 aromatic rings. The molecule has 0 saturated carbocycles. The smallest absolute Gasteiger partial charge is 0.421 e. The van der Waals surface area contributed by atoms with Gasteiger partial charge in [-0.1, -0.05) is 0 Å². The molecule has 2 N–H and O–H groups in total. The van der Waals surface area contributed by atoms with Crippen molar-refractivity contribution < 1.29 is 17.9 Å².